The monoisotopic (exact) mass is 235 g/mol. The van der Waals surface area contributed by atoms with Crippen LogP contribution in [0.4, 0.5) is 14.5 Å². The molecule has 0 aromatic heterocycles. The third-order valence-electron chi connectivity index (χ3n) is 2.33. The molecule has 2 aromatic rings. The Hall–Kier alpha value is -2.30. The van der Waals surface area contributed by atoms with Crippen LogP contribution in [0.3, 0.4) is 0 Å². The molecule has 0 unspecified atom stereocenters. The molecule has 86 valence electrons. The van der Waals surface area contributed by atoms with Crippen molar-refractivity contribution in [1.82, 2.24) is 0 Å². The first-order chi connectivity index (χ1) is 8.09. The molecule has 0 saturated carbocycles. The van der Waals surface area contributed by atoms with Crippen molar-refractivity contribution in [2.24, 2.45) is 0 Å². The topological polar surface area (TPSA) is 43.1 Å². The Morgan fingerprint density at radius 3 is 2.35 bits per heavy atom. The van der Waals surface area contributed by atoms with E-state index in [4.69, 9.17) is 0 Å². The Kier molecular flexibility index (Phi) is 2.82. The van der Waals surface area contributed by atoms with Gasteiger partial charge < -0.3 is 0 Å². The minimum atomic E-state index is -0.935. The highest BCUT2D eigenvalue weighted by atomic mass is 19.1. The van der Waals surface area contributed by atoms with E-state index in [0.717, 1.165) is 12.1 Å². The molecule has 0 atom stereocenters. The standard InChI is InChI=1S/C12H7F2NO2/c13-10-4-2-1-3-9(10)8-5-6-11(14)12(7-8)15(16)17/h1-7H. The van der Waals surface area contributed by atoms with Crippen LogP contribution in [0.5, 0.6) is 0 Å². The molecule has 0 amide bonds. The van der Waals surface area contributed by atoms with Crippen LogP contribution >= 0.6 is 0 Å². The highest BCUT2D eigenvalue weighted by Crippen LogP contribution is 2.27. The molecule has 17 heavy (non-hydrogen) atoms. The van der Waals surface area contributed by atoms with Gasteiger partial charge in [-0.25, -0.2) is 4.39 Å². The Morgan fingerprint density at radius 2 is 1.71 bits per heavy atom. The van der Waals surface area contributed by atoms with E-state index in [1.807, 2.05) is 0 Å². The van der Waals surface area contributed by atoms with Gasteiger partial charge in [0.15, 0.2) is 0 Å². The molecule has 0 N–H and O–H groups in total. The van der Waals surface area contributed by atoms with Gasteiger partial charge in [0.2, 0.25) is 5.82 Å². The summed E-state index contributed by atoms with van der Waals surface area (Å²) in [6.45, 7) is 0. The first-order valence-corrected chi connectivity index (χ1v) is 4.78. The maximum absolute atomic E-state index is 13.4. The highest BCUT2D eigenvalue weighted by molar-refractivity contribution is 5.66. The molecule has 3 nitrogen and oxygen atoms in total. The summed E-state index contributed by atoms with van der Waals surface area (Å²) in [7, 11) is 0. The number of hydrogen-bond acceptors (Lipinski definition) is 2. The second-order valence-corrected chi connectivity index (χ2v) is 3.40. The molecule has 0 saturated heterocycles. The number of nitro benzene ring substituents is 1. The molecular weight excluding hydrogens is 228 g/mol. The van der Waals surface area contributed by atoms with E-state index < -0.39 is 22.2 Å². The van der Waals surface area contributed by atoms with E-state index in [-0.39, 0.29) is 11.1 Å². The van der Waals surface area contributed by atoms with E-state index >= 15 is 0 Å². The van der Waals surface area contributed by atoms with Crippen molar-refractivity contribution in [3.63, 3.8) is 0 Å². The molecule has 0 fully saturated rings. The summed E-state index contributed by atoms with van der Waals surface area (Å²) < 4.78 is 26.5. The average molecular weight is 235 g/mol. The van der Waals surface area contributed by atoms with E-state index in [2.05, 4.69) is 0 Å². The largest absolute Gasteiger partial charge is 0.305 e. The summed E-state index contributed by atoms with van der Waals surface area (Å²) in [5, 5.41) is 10.6. The predicted molar refractivity (Wildman–Crippen MR) is 58.4 cm³/mol. The smallest absolute Gasteiger partial charge is 0.258 e. The molecule has 0 spiro atoms. The van der Waals surface area contributed by atoms with E-state index in [1.54, 1.807) is 6.07 Å². The lowest BCUT2D eigenvalue weighted by molar-refractivity contribution is -0.387. The molecule has 0 bridgehead atoms. The maximum atomic E-state index is 13.4. The van der Waals surface area contributed by atoms with Crippen LogP contribution in [-0.2, 0) is 0 Å². The van der Waals surface area contributed by atoms with Crippen LogP contribution < -0.4 is 0 Å². The number of nitrogens with zero attached hydrogens (tertiary/aromatic N) is 1. The zero-order chi connectivity index (χ0) is 12.4. The lowest BCUT2D eigenvalue weighted by Gasteiger charge is -2.03. The summed E-state index contributed by atoms with van der Waals surface area (Å²) in [5.74, 6) is -1.44. The number of rotatable bonds is 2. The van der Waals surface area contributed by atoms with Crippen molar-refractivity contribution in [3.8, 4) is 11.1 Å². The Balaban J connectivity index is 2.58. The molecule has 2 rings (SSSR count). The van der Waals surface area contributed by atoms with Gasteiger partial charge >= 0.3 is 5.69 Å². The van der Waals surface area contributed by atoms with E-state index in [1.165, 1.54) is 24.3 Å². The summed E-state index contributed by atoms with van der Waals surface area (Å²) in [4.78, 5) is 9.73. The molecule has 0 aliphatic heterocycles. The zero-order valence-electron chi connectivity index (χ0n) is 8.56. The number of hydrogen-bond donors (Lipinski definition) is 0. The van der Waals surface area contributed by atoms with Gasteiger partial charge in [-0.05, 0) is 17.7 Å². The van der Waals surface area contributed by atoms with Gasteiger partial charge in [-0.1, -0.05) is 24.3 Å². The molecule has 0 aliphatic rings. The fraction of sp³-hybridized carbons (Fsp3) is 0. The molecule has 5 heteroatoms. The summed E-state index contributed by atoms with van der Waals surface area (Å²) >= 11 is 0. The first kappa shape index (κ1) is 11.2. The Labute approximate surface area is 95.5 Å². The fourth-order valence-corrected chi connectivity index (χ4v) is 1.52. The molecular formula is C12H7F2NO2. The van der Waals surface area contributed by atoms with Crippen molar-refractivity contribution in [2.45, 2.75) is 0 Å². The van der Waals surface area contributed by atoms with Crippen LogP contribution in [0.1, 0.15) is 0 Å². The number of nitro groups is 1. The SMILES string of the molecule is O=[N+]([O-])c1cc(-c2ccccc2F)ccc1F. The van der Waals surface area contributed by atoms with Crippen molar-refractivity contribution >= 4 is 5.69 Å². The number of halogens is 2. The van der Waals surface area contributed by atoms with Gasteiger partial charge in [-0.2, -0.15) is 4.39 Å². The van der Waals surface area contributed by atoms with Gasteiger partial charge in [0.05, 0.1) is 4.92 Å². The summed E-state index contributed by atoms with van der Waals surface area (Å²) in [6.07, 6.45) is 0. The van der Waals surface area contributed by atoms with Crippen LogP contribution in [0.25, 0.3) is 11.1 Å². The third kappa shape index (κ3) is 2.13. The maximum Gasteiger partial charge on any atom is 0.305 e. The zero-order valence-corrected chi connectivity index (χ0v) is 8.56. The quantitative estimate of drug-likeness (QED) is 0.590. The highest BCUT2D eigenvalue weighted by Gasteiger charge is 2.16. The second kappa shape index (κ2) is 4.29. The van der Waals surface area contributed by atoms with Crippen molar-refractivity contribution in [3.05, 3.63) is 64.2 Å². The predicted octanol–water partition coefficient (Wildman–Crippen LogP) is 3.54. The van der Waals surface area contributed by atoms with Gasteiger partial charge in [0.25, 0.3) is 0 Å². The van der Waals surface area contributed by atoms with Crippen molar-refractivity contribution < 1.29 is 13.7 Å². The molecule has 2 aromatic carbocycles. The van der Waals surface area contributed by atoms with Gasteiger partial charge in [-0.3, -0.25) is 10.1 Å². The Bertz CT molecular complexity index is 584. The molecule has 0 radical (unpaired) electrons. The van der Waals surface area contributed by atoms with Crippen LogP contribution in [0, 0.1) is 21.7 Å². The summed E-state index contributed by atoms with van der Waals surface area (Å²) in [5.41, 5.74) is -0.183. The van der Waals surface area contributed by atoms with Gasteiger partial charge in [0.1, 0.15) is 5.82 Å². The minimum absolute atomic E-state index is 0.204. The van der Waals surface area contributed by atoms with Crippen LogP contribution in [0.15, 0.2) is 42.5 Å². The van der Waals surface area contributed by atoms with Gasteiger partial charge in [0, 0.05) is 11.6 Å². The average Bonchev–Trinajstić information content (AvgIpc) is 2.30. The van der Waals surface area contributed by atoms with Crippen molar-refractivity contribution in [2.75, 3.05) is 0 Å². The normalized spacial score (nSPS) is 10.2. The number of benzene rings is 2. The minimum Gasteiger partial charge on any atom is -0.258 e. The molecule has 0 heterocycles. The fourth-order valence-electron chi connectivity index (χ4n) is 1.52. The van der Waals surface area contributed by atoms with Crippen molar-refractivity contribution in [1.29, 1.82) is 0 Å². The Morgan fingerprint density at radius 1 is 1.00 bits per heavy atom. The van der Waals surface area contributed by atoms with Gasteiger partial charge in [-0.15, -0.1) is 0 Å². The van der Waals surface area contributed by atoms with Crippen LogP contribution in [-0.4, -0.2) is 4.92 Å². The van der Waals surface area contributed by atoms with E-state index in [9.17, 15) is 18.9 Å². The molecule has 0 aliphatic carbocycles. The second-order valence-electron chi connectivity index (χ2n) is 3.40. The summed E-state index contributed by atoms with van der Waals surface area (Å²) in [6, 6.07) is 9.12. The van der Waals surface area contributed by atoms with E-state index in [0.29, 0.717) is 0 Å². The lowest BCUT2D eigenvalue weighted by Crippen LogP contribution is -1.93. The first-order valence-electron chi connectivity index (χ1n) is 4.78. The lowest BCUT2D eigenvalue weighted by atomic mass is 10.0. The van der Waals surface area contributed by atoms with Crippen LogP contribution in [0.2, 0.25) is 0 Å². The third-order valence-corrected chi connectivity index (χ3v) is 2.33.